The lowest BCUT2D eigenvalue weighted by Crippen LogP contribution is -2.30. The SMILES string of the molecule is O=[N+]([O-])c1cc(-c2cccc3ccccc23)ccc1-c1cccc2ccccc12.O=[N+]([O-])c1cc(Br)ccc1Br.OB(O)c1cccc2ccccc12. The number of nitro benzene ring substituents is 2. The van der Waals surface area contributed by atoms with Gasteiger partial charge in [0.25, 0.3) is 11.4 Å². The van der Waals surface area contributed by atoms with Gasteiger partial charge in [0.15, 0.2) is 0 Å². The minimum absolute atomic E-state index is 0.0689. The Morgan fingerprint density at radius 1 is 0.472 bits per heavy atom. The van der Waals surface area contributed by atoms with Crippen LogP contribution in [0.5, 0.6) is 0 Å². The molecule has 0 heterocycles. The lowest BCUT2D eigenvalue weighted by atomic mass is 9.77. The Morgan fingerprint density at radius 3 is 1.53 bits per heavy atom. The first-order valence-electron chi connectivity index (χ1n) is 16.3. The van der Waals surface area contributed by atoms with Gasteiger partial charge in [-0.3, -0.25) is 20.2 Å². The summed E-state index contributed by atoms with van der Waals surface area (Å²) in [7, 11) is -1.40. The third-order valence-corrected chi connectivity index (χ3v) is 9.75. The Kier molecular flexibility index (Phi) is 11.7. The normalized spacial score (nSPS) is 10.6. The molecule has 0 amide bonds. The monoisotopic (exact) mass is 826 g/mol. The second kappa shape index (κ2) is 16.7. The lowest BCUT2D eigenvalue weighted by Gasteiger charge is -2.11. The maximum Gasteiger partial charge on any atom is 0.489 e. The number of fused-ring (bicyclic) bond motifs is 3. The zero-order chi connectivity index (χ0) is 37.5. The molecule has 0 bridgehead atoms. The Hall–Kier alpha value is -5.72. The van der Waals surface area contributed by atoms with Crippen molar-refractivity contribution in [2.75, 3.05) is 0 Å². The van der Waals surface area contributed by atoms with E-state index in [0.717, 1.165) is 49.0 Å². The second-order valence-electron chi connectivity index (χ2n) is 11.8. The second-order valence-corrected chi connectivity index (χ2v) is 13.6. The Labute approximate surface area is 321 Å². The van der Waals surface area contributed by atoms with Gasteiger partial charge in [0, 0.05) is 16.6 Å². The molecule has 0 aliphatic carbocycles. The minimum atomic E-state index is -1.40. The van der Waals surface area contributed by atoms with Gasteiger partial charge in [-0.1, -0.05) is 149 Å². The number of hydrogen-bond donors (Lipinski definition) is 2. The van der Waals surface area contributed by atoms with E-state index in [1.54, 1.807) is 24.3 Å². The number of nitrogens with zero attached hydrogens (tertiary/aromatic N) is 2. The third kappa shape index (κ3) is 8.51. The molecule has 0 aliphatic rings. The highest BCUT2D eigenvalue weighted by Gasteiger charge is 2.19. The van der Waals surface area contributed by atoms with Gasteiger partial charge >= 0.3 is 7.12 Å². The number of halogens is 2. The van der Waals surface area contributed by atoms with Gasteiger partial charge in [-0.05, 0) is 88.6 Å². The molecule has 11 heteroatoms. The zero-order valence-electron chi connectivity index (χ0n) is 27.8. The van der Waals surface area contributed by atoms with Gasteiger partial charge in [0.1, 0.15) is 0 Å². The highest BCUT2D eigenvalue weighted by Crippen LogP contribution is 2.39. The fraction of sp³-hybridized carbons (Fsp3) is 0. The van der Waals surface area contributed by atoms with Gasteiger partial charge in [-0.15, -0.1) is 0 Å². The van der Waals surface area contributed by atoms with Crippen molar-refractivity contribution in [3.8, 4) is 22.3 Å². The van der Waals surface area contributed by atoms with Crippen LogP contribution < -0.4 is 5.46 Å². The molecule has 260 valence electrons. The summed E-state index contributed by atoms with van der Waals surface area (Å²) in [6.07, 6.45) is 0. The van der Waals surface area contributed by atoms with E-state index in [2.05, 4.69) is 50.1 Å². The molecule has 0 aliphatic heterocycles. The van der Waals surface area contributed by atoms with Crippen molar-refractivity contribution in [2.45, 2.75) is 0 Å². The van der Waals surface area contributed by atoms with Crippen molar-refractivity contribution < 1.29 is 19.9 Å². The van der Waals surface area contributed by atoms with Crippen LogP contribution in [-0.2, 0) is 0 Å². The molecule has 0 saturated heterocycles. The predicted molar refractivity (Wildman–Crippen MR) is 221 cm³/mol. The van der Waals surface area contributed by atoms with Crippen LogP contribution >= 0.6 is 31.9 Å². The molecule has 0 spiro atoms. The predicted octanol–water partition coefficient (Wildman–Crippen LogP) is 10.9. The average molecular weight is 828 g/mol. The summed E-state index contributed by atoms with van der Waals surface area (Å²) in [6, 6.07) is 51.5. The molecule has 8 aromatic carbocycles. The van der Waals surface area contributed by atoms with Crippen molar-refractivity contribution in [1.29, 1.82) is 0 Å². The van der Waals surface area contributed by atoms with E-state index in [0.29, 0.717) is 20.0 Å². The molecule has 0 fully saturated rings. The quantitative estimate of drug-likeness (QED) is 0.101. The maximum atomic E-state index is 12.0. The van der Waals surface area contributed by atoms with Crippen molar-refractivity contribution in [3.05, 3.63) is 193 Å². The van der Waals surface area contributed by atoms with Gasteiger partial charge < -0.3 is 10.0 Å². The molecule has 8 aromatic rings. The van der Waals surface area contributed by atoms with Crippen LogP contribution in [0.4, 0.5) is 11.4 Å². The Morgan fingerprint density at radius 2 is 0.962 bits per heavy atom. The van der Waals surface area contributed by atoms with E-state index in [1.165, 1.54) is 6.07 Å². The lowest BCUT2D eigenvalue weighted by molar-refractivity contribution is -0.385. The number of nitro groups is 2. The smallest absolute Gasteiger partial charge is 0.423 e. The standard InChI is InChI=1S/C26H17NO2.C10H9BO2.C6H3Br2NO2/c28-27(29)26-17-20(23-13-5-9-18-7-1-3-11-21(18)23)15-16-25(26)24-14-6-10-19-8-2-4-12-22(19)24;12-11(13)10-7-3-5-8-4-1-2-6-9(8)10;7-4-1-2-5(8)6(3-4)9(10)11/h1-17H;1-7,12-13H;1-3H. The first-order chi connectivity index (χ1) is 25.6. The number of hydrogen-bond acceptors (Lipinski definition) is 6. The molecule has 8 nitrogen and oxygen atoms in total. The van der Waals surface area contributed by atoms with Gasteiger partial charge in [0.2, 0.25) is 0 Å². The molecule has 53 heavy (non-hydrogen) atoms. The largest absolute Gasteiger partial charge is 0.489 e. The number of benzene rings is 8. The van der Waals surface area contributed by atoms with Crippen LogP contribution in [0.2, 0.25) is 0 Å². The Bertz CT molecular complexity index is 2600. The van der Waals surface area contributed by atoms with E-state index in [-0.39, 0.29) is 16.3 Å². The van der Waals surface area contributed by atoms with E-state index >= 15 is 0 Å². The molecule has 0 unspecified atom stereocenters. The zero-order valence-corrected chi connectivity index (χ0v) is 31.0. The summed E-state index contributed by atoms with van der Waals surface area (Å²) >= 11 is 6.21. The summed E-state index contributed by atoms with van der Waals surface area (Å²) in [5.74, 6) is 0. The first-order valence-corrected chi connectivity index (χ1v) is 17.9. The van der Waals surface area contributed by atoms with Gasteiger partial charge in [-0.2, -0.15) is 0 Å². The summed E-state index contributed by atoms with van der Waals surface area (Å²) in [6.45, 7) is 0. The van der Waals surface area contributed by atoms with Crippen molar-refractivity contribution >= 4 is 88.1 Å². The van der Waals surface area contributed by atoms with Crippen LogP contribution in [0, 0.1) is 20.2 Å². The van der Waals surface area contributed by atoms with Crippen LogP contribution in [-0.4, -0.2) is 27.0 Å². The molecular weight excluding hydrogens is 799 g/mol. The summed E-state index contributed by atoms with van der Waals surface area (Å²) in [5.41, 5.74) is 4.09. The molecule has 2 N–H and O–H groups in total. The van der Waals surface area contributed by atoms with Crippen molar-refractivity contribution in [1.82, 2.24) is 0 Å². The van der Waals surface area contributed by atoms with Crippen LogP contribution in [0.25, 0.3) is 54.6 Å². The summed E-state index contributed by atoms with van der Waals surface area (Å²) < 4.78 is 1.19. The molecule has 0 saturated carbocycles. The fourth-order valence-corrected chi connectivity index (χ4v) is 6.86. The molecule has 8 rings (SSSR count). The van der Waals surface area contributed by atoms with E-state index in [1.807, 2.05) is 115 Å². The highest BCUT2D eigenvalue weighted by atomic mass is 79.9. The summed E-state index contributed by atoms with van der Waals surface area (Å²) in [5, 5.41) is 46.7. The first kappa shape index (κ1) is 37.1. The van der Waals surface area contributed by atoms with Gasteiger partial charge in [0.05, 0.1) is 19.9 Å². The maximum absolute atomic E-state index is 12.0. The van der Waals surface area contributed by atoms with E-state index in [9.17, 15) is 20.2 Å². The van der Waals surface area contributed by atoms with E-state index in [4.69, 9.17) is 10.0 Å². The molecular formula is C42H29BBr2N2O6. The van der Waals surface area contributed by atoms with Crippen LogP contribution in [0.3, 0.4) is 0 Å². The van der Waals surface area contributed by atoms with E-state index < -0.39 is 12.0 Å². The molecule has 0 aromatic heterocycles. The Balaban J connectivity index is 0.000000165. The van der Waals surface area contributed by atoms with Crippen molar-refractivity contribution in [3.63, 3.8) is 0 Å². The van der Waals surface area contributed by atoms with Gasteiger partial charge in [-0.25, -0.2) is 0 Å². The van der Waals surface area contributed by atoms with Crippen molar-refractivity contribution in [2.24, 2.45) is 0 Å². The number of rotatable bonds is 5. The molecule has 0 radical (unpaired) electrons. The third-order valence-electron chi connectivity index (χ3n) is 8.58. The molecule has 0 atom stereocenters. The topological polar surface area (TPSA) is 127 Å². The highest BCUT2D eigenvalue weighted by molar-refractivity contribution is 9.11. The fourth-order valence-electron chi connectivity index (χ4n) is 6.12. The minimum Gasteiger partial charge on any atom is -0.423 e. The van der Waals surface area contributed by atoms with Crippen LogP contribution in [0.1, 0.15) is 0 Å². The summed E-state index contributed by atoms with van der Waals surface area (Å²) in [4.78, 5) is 21.6. The van der Waals surface area contributed by atoms with Crippen LogP contribution in [0.15, 0.2) is 173 Å². The average Bonchev–Trinajstić information content (AvgIpc) is 3.18.